The predicted molar refractivity (Wildman–Crippen MR) is 386 cm³/mol. The number of esters is 4. The van der Waals surface area contributed by atoms with Crippen molar-refractivity contribution < 1.29 is 80.2 Å². The summed E-state index contributed by atoms with van der Waals surface area (Å²) in [6.45, 7) is 14.1. The first-order valence-corrected chi connectivity index (χ1v) is 42.2. The molecule has 564 valence electrons. The van der Waals surface area contributed by atoms with Gasteiger partial charge in [-0.2, -0.15) is 0 Å². The van der Waals surface area contributed by atoms with Gasteiger partial charge >= 0.3 is 39.5 Å². The summed E-state index contributed by atoms with van der Waals surface area (Å²) in [6, 6.07) is 0. The van der Waals surface area contributed by atoms with Crippen LogP contribution in [0, 0.1) is 23.7 Å². The molecule has 0 rings (SSSR count). The molecule has 0 saturated heterocycles. The molecule has 95 heavy (non-hydrogen) atoms. The van der Waals surface area contributed by atoms with Gasteiger partial charge in [-0.05, 0) is 49.4 Å². The van der Waals surface area contributed by atoms with E-state index in [0.29, 0.717) is 31.6 Å². The summed E-state index contributed by atoms with van der Waals surface area (Å²) in [5, 5.41) is 10.6. The Morgan fingerprint density at radius 2 is 0.505 bits per heavy atom. The van der Waals surface area contributed by atoms with Crippen molar-refractivity contribution in [3.63, 3.8) is 0 Å². The van der Waals surface area contributed by atoms with Gasteiger partial charge in [0.05, 0.1) is 26.4 Å². The van der Waals surface area contributed by atoms with Crippen molar-refractivity contribution in [3.05, 3.63) is 0 Å². The number of aliphatic hydroxyl groups excluding tert-OH is 1. The molecule has 3 N–H and O–H groups in total. The summed E-state index contributed by atoms with van der Waals surface area (Å²) in [6.07, 6.45) is 50.2. The summed E-state index contributed by atoms with van der Waals surface area (Å²) < 4.78 is 68.5. The maximum atomic E-state index is 13.1. The standard InChI is InChI=1S/C76H148O17P2/c1-9-69(8)55-47-39-30-23-20-21-25-33-43-51-59-76(81)92-71(62-86-73(78)56-48-40-31-27-26-29-37-45-53-67(4)5)64-90-94(82,83)88-60-70(77)61-89-95(84,85)91-65-72(63-87-74(79)57-49-41-35-34-38-46-54-68(6)7)93-75(80)58-50-42-32-24-19-17-15-13-11-10-12-14-16-18-22-28-36-44-52-66(2)3/h66-72,77H,9-65H2,1-8H3,(H,82,83)(H,84,85)/t69?,70?,71-,72-/m1/s1. The third kappa shape index (κ3) is 69.0. The van der Waals surface area contributed by atoms with Crippen LogP contribution in [0.15, 0.2) is 0 Å². The molecule has 0 aromatic rings. The normalized spacial score (nSPS) is 14.4. The van der Waals surface area contributed by atoms with Crippen molar-refractivity contribution >= 4 is 39.5 Å². The van der Waals surface area contributed by atoms with Gasteiger partial charge < -0.3 is 33.8 Å². The Bertz CT molecular complexity index is 1870. The lowest BCUT2D eigenvalue weighted by Crippen LogP contribution is -2.30. The van der Waals surface area contributed by atoms with Crippen molar-refractivity contribution in [2.75, 3.05) is 39.6 Å². The summed E-state index contributed by atoms with van der Waals surface area (Å²) in [5.41, 5.74) is 0. The van der Waals surface area contributed by atoms with Crippen LogP contribution in [-0.2, 0) is 65.4 Å². The van der Waals surface area contributed by atoms with Gasteiger partial charge in [0.15, 0.2) is 12.2 Å². The van der Waals surface area contributed by atoms with Crippen LogP contribution in [0.25, 0.3) is 0 Å². The van der Waals surface area contributed by atoms with Gasteiger partial charge in [0.2, 0.25) is 0 Å². The second-order valence-electron chi connectivity index (χ2n) is 29.1. The SMILES string of the molecule is CCC(C)CCCCCCCCCCCCC(=O)O[C@H](COC(=O)CCCCCCCCCCC(C)C)COP(=O)(O)OCC(O)COP(=O)(O)OC[C@@H](COC(=O)CCCCCCCCC(C)C)OC(=O)CCCCCCCCCCCCCCCCCCCCC(C)C. The van der Waals surface area contributed by atoms with Gasteiger partial charge in [-0.1, -0.05) is 331 Å². The molecule has 17 nitrogen and oxygen atoms in total. The number of carbonyl (C=O) groups is 4. The molecule has 0 radical (unpaired) electrons. The molecule has 0 saturated carbocycles. The van der Waals surface area contributed by atoms with Gasteiger partial charge in [-0.25, -0.2) is 9.13 Å². The minimum Gasteiger partial charge on any atom is -0.462 e. The van der Waals surface area contributed by atoms with Gasteiger partial charge in [0, 0.05) is 25.7 Å². The summed E-state index contributed by atoms with van der Waals surface area (Å²) in [4.78, 5) is 72.7. The molecule has 0 aromatic carbocycles. The quantitative estimate of drug-likeness (QED) is 0.0222. The minimum atomic E-state index is -4.96. The number of rotatable bonds is 73. The first-order valence-electron chi connectivity index (χ1n) is 39.2. The molecule has 0 bridgehead atoms. The highest BCUT2D eigenvalue weighted by molar-refractivity contribution is 7.47. The lowest BCUT2D eigenvalue weighted by Gasteiger charge is -2.21. The molecule has 0 spiro atoms. The van der Waals surface area contributed by atoms with Crippen molar-refractivity contribution in [2.24, 2.45) is 23.7 Å². The van der Waals surface area contributed by atoms with E-state index in [0.717, 1.165) is 114 Å². The third-order valence-corrected chi connectivity index (χ3v) is 19.8. The Morgan fingerprint density at radius 3 is 0.747 bits per heavy atom. The lowest BCUT2D eigenvalue weighted by atomic mass is 9.99. The highest BCUT2D eigenvalue weighted by atomic mass is 31.2. The van der Waals surface area contributed by atoms with Crippen LogP contribution >= 0.6 is 15.6 Å². The number of ether oxygens (including phenoxy) is 4. The van der Waals surface area contributed by atoms with Crippen LogP contribution in [0.4, 0.5) is 0 Å². The fraction of sp³-hybridized carbons (Fsp3) is 0.947. The lowest BCUT2D eigenvalue weighted by molar-refractivity contribution is -0.161. The number of hydrogen-bond donors (Lipinski definition) is 3. The minimum absolute atomic E-state index is 0.105. The maximum Gasteiger partial charge on any atom is 0.472 e. The molecule has 19 heteroatoms. The van der Waals surface area contributed by atoms with Gasteiger partial charge in [0.25, 0.3) is 0 Å². The Balaban J connectivity index is 5.17. The Kier molecular flexibility index (Phi) is 64.0. The van der Waals surface area contributed by atoms with Gasteiger partial charge in [-0.3, -0.25) is 37.3 Å². The van der Waals surface area contributed by atoms with Crippen molar-refractivity contribution in [3.8, 4) is 0 Å². The monoisotopic (exact) mass is 1400 g/mol. The predicted octanol–water partition coefficient (Wildman–Crippen LogP) is 22.0. The average molecular weight is 1400 g/mol. The maximum absolute atomic E-state index is 13.1. The van der Waals surface area contributed by atoms with Crippen LogP contribution < -0.4 is 0 Å². The van der Waals surface area contributed by atoms with Crippen LogP contribution in [0.1, 0.15) is 383 Å². The highest BCUT2D eigenvalue weighted by Crippen LogP contribution is 2.45. The van der Waals surface area contributed by atoms with Crippen LogP contribution in [0.3, 0.4) is 0 Å². The molecule has 0 aliphatic rings. The Labute approximate surface area is 581 Å². The van der Waals surface area contributed by atoms with E-state index in [1.165, 1.54) is 180 Å². The first kappa shape index (κ1) is 93.1. The molecule has 0 fully saturated rings. The third-order valence-electron chi connectivity index (χ3n) is 17.9. The first-order chi connectivity index (χ1) is 45.6. The Hall–Kier alpha value is -1.94. The summed E-state index contributed by atoms with van der Waals surface area (Å²) in [7, 11) is -9.91. The summed E-state index contributed by atoms with van der Waals surface area (Å²) in [5.74, 6) is 0.905. The van der Waals surface area contributed by atoms with Gasteiger partial charge in [-0.15, -0.1) is 0 Å². The Morgan fingerprint density at radius 1 is 0.295 bits per heavy atom. The van der Waals surface area contributed by atoms with E-state index in [9.17, 15) is 43.2 Å². The molecule has 0 amide bonds. The van der Waals surface area contributed by atoms with E-state index in [2.05, 4.69) is 55.4 Å². The number of unbranched alkanes of at least 4 members (excludes halogenated alkanes) is 38. The number of phosphoric acid groups is 2. The zero-order valence-corrected chi connectivity index (χ0v) is 64.1. The number of phosphoric ester groups is 2. The summed E-state index contributed by atoms with van der Waals surface area (Å²) >= 11 is 0. The molecule has 4 unspecified atom stereocenters. The number of carbonyl (C=O) groups excluding carboxylic acids is 4. The van der Waals surface area contributed by atoms with Crippen molar-refractivity contribution in [1.82, 2.24) is 0 Å². The molecular formula is C76H148O17P2. The zero-order valence-electron chi connectivity index (χ0n) is 62.3. The van der Waals surface area contributed by atoms with Crippen LogP contribution in [0.2, 0.25) is 0 Å². The molecule has 0 aromatic heterocycles. The fourth-order valence-electron chi connectivity index (χ4n) is 11.5. The average Bonchev–Trinajstić information content (AvgIpc) is 1.73. The van der Waals surface area contributed by atoms with Crippen LogP contribution in [0.5, 0.6) is 0 Å². The topological polar surface area (TPSA) is 237 Å². The molecule has 6 atom stereocenters. The van der Waals surface area contributed by atoms with Crippen LogP contribution in [-0.4, -0.2) is 96.7 Å². The molecule has 0 aliphatic heterocycles. The number of aliphatic hydroxyl groups is 1. The number of hydrogen-bond acceptors (Lipinski definition) is 15. The van der Waals surface area contributed by atoms with E-state index in [-0.39, 0.29) is 25.7 Å². The smallest absolute Gasteiger partial charge is 0.462 e. The zero-order chi connectivity index (χ0) is 70.3. The van der Waals surface area contributed by atoms with Gasteiger partial charge in [0.1, 0.15) is 19.3 Å². The van der Waals surface area contributed by atoms with E-state index in [1.807, 2.05) is 0 Å². The molecular weight excluding hydrogens is 1250 g/mol. The molecule has 0 heterocycles. The highest BCUT2D eigenvalue weighted by Gasteiger charge is 2.30. The van der Waals surface area contributed by atoms with E-state index >= 15 is 0 Å². The second-order valence-corrected chi connectivity index (χ2v) is 32.0. The van der Waals surface area contributed by atoms with Crippen molar-refractivity contribution in [2.45, 2.75) is 401 Å². The molecule has 0 aliphatic carbocycles. The second kappa shape index (κ2) is 65.4. The largest absolute Gasteiger partial charge is 0.472 e. The fourth-order valence-corrected chi connectivity index (χ4v) is 13.1. The van der Waals surface area contributed by atoms with E-state index in [1.54, 1.807) is 0 Å². The van der Waals surface area contributed by atoms with E-state index < -0.39 is 97.5 Å². The van der Waals surface area contributed by atoms with E-state index in [4.69, 9.17) is 37.0 Å². The van der Waals surface area contributed by atoms with Crippen molar-refractivity contribution in [1.29, 1.82) is 0 Å².